The summed E-state index contributed by atoms with van der Waals surface area (Å²) in [4.78, 5) is 8.48. The Morgan fingerprint density at radius 1 is 0.864 bits per heavy atom. The number of nitrogens with two attached hydrogens (primary N) is 1. The summed E-state index contributed by atoms with van der Waals surface area (Å²) in [6, 6.07) is 21.1. The third-order valence-corrected chi connectivity index (χ3v) is 2.75. The molecule has 0 aliphatic heterocycles. The minimum Gasteiger partial charge on any atom is -0.424 e. The lowest BCUT2D eigenvalue weighted by atomic mass is 10.1. The number of hydrogen-bond acceptors (Lipinski definition) is 4. The fraction of sp³-hybridized carbons (Fsp3) is 0.111. The van der Waals surface area contributed by atoms with E-state index in [2.05, 4.69) is 9.97 Å². The second kappa shape index (κ2) is 7.78. The van der Waals surface area contributed by atoms with E-state index >= 15 is 0 Å². The minimum absolute atomic E-state index is 0. The zero-order valence-corrected chi connectivity index (χ0v) is 12.7. The van der Waals surface area contributed by atoms with Crippen LogP contribution in [-0.4, -0.2) is 9.97 Å². The predicted molar refractivity (Wildman–Crippen MR) is 91.9 cm³/mol. The molecule has 2 N–H and O–H groups in total. The van der Waals surface area contributed by atoms with E-state index in [1.807, 2.05) is 74.5 Å². The molecule has 4 nitrogen and oxygen atoms in total. The molecule has 0 spiro atoms. The van der Waals surface area contributed by atoms with Gasteiger partial charge in [0.2, 0.25) is 0 Å². The van der Waals surface area contributed by atoms with Crippen LogP contribution in [0.4, 0.5) is 5.82 Å². The normalized spacial score (nSPS) is 9.55. The highest BCUT2D eigenvalue weighted by molar-refractivity contribution is 5.62. The number of para-hydroxylation sites is 1. The van der Waals surface area contributed by atoms with E-state index in [-0.39, 0.29) is 7.44 Å². The zero-order chi connectivity index (χ0) is 15.8. The van der Waals surface area contributed by atoms with E-state index in [9.17, 15) is 0 Å². The second-order valence-electron chi connectivity index (χ2n) is 4.24. The first-order valence-corrected chi connectivity index (χ1v) is 7.24. The van der Waals surface area contributed by atoms with Crippen LogP contribution in [0.25, 0.3) is 11.3 Å². The summed E-state index contributed by atoms with van der Waals surface area (Å²) in [5.74, 6) is 1.06. The Balaban J connectivity index is 0.000000849. The molecule has 0 aliphatic rings. The molecule has 22 heavy (non-hydrogen) atoms. The number of ether oxygens (including phenoxy) is 1. The molecule has 0 saturated heterocycles. The smallest absolute Gasteiger partial charge is 0.324 e. The van der Waals surface area contributed by atoms with Crippen LogP contribution in [0.1, 0.15) is 15.3 Å². The molecule has 3 aromatic rings. The van der Waals surface area contributed by atoms with Crippen LogP contribution in [0.3, 0.4) is 0 Å². The van der Waals surface area contributed by atoms with Crippen LogP contribution < -0.4 is 10.5 Å². The van der Waals surface area contributed by atoms with Crippen molar-refractivity contribution >= 4 is 5.82 Å². The van der Waals surface area contributed by atoms with Gasteiger partial charge in [0, 0.05) is 13.1 Å². The first-order valence-electron chi connectivity index (χ1n) is 7.24. The quantitative estimate of drug-likeness (QED) is 0.754. The Kier molecular flexibility index (Phi) is 5.49. The molecule has 0 aliphatic carbocycles. The third kappa shape index (κ3) is 4.06. The SMILES string of the molecule is CC.Nc1cc(-c2ccccc2)nc(Oc2ccccc2)n1.[HH]. The van der Waals surface area contributed by atoms with E-state index in [0.717, 1.165) is 11.3 Å². The van der Waals surface area contributed by atoms with Gasteiger partial charge in [-0.25, -0.2) is 0 Å². The molecule has 1 aromatic heterocycles. The second-order valence-corrected chi connectivity index (χ2v) is 4.24. The first-order chi connectivity index (χ1) is 10.8. The molecular weight excluding hydrogens is 274 g/mol. The van der Waals surface area contributed by atoms with Gasteiger partial charge in [-0.2, -0.15) is 9.97 Å². The standard InChI is InChI=1S/C16H13N3O.C2H6.H2/c17-15-11-14(12-7-3-1-4-8-12)18-16(19-15)20-13-9-5-2-6-10-13;1-2;/h1-11H,(H2,17,18,19);1-2H3;1H. The maximum Gasteiger partial charge on any atom is 0.324 e. The molecule has 0 saturated carbocycles. The zero-order valence-electron chi connectivity index (χ0n) is 12.7. The average Bonchev–Trinajstić information content (AvgIpc) is 2.58. The topological polar surface area (TPSA) is 61.0 Å². The Bertz CT molecular complexity index is 706. The molecule has 0 bridgehead atoms. The van der Waals surface area contributed by atoms with Crippen molar-refractivity contribution in [2.45, 2.75) is 13.8 Å². The third-order valence-electron chi connectivity index (χ3n) is 2.75. The van der Waals surface area contributed by atoms with Crippen molar-refractivity contribution in [2.24, 2.45) is 0 Å². The largest absolute Gasteiger partial charge is 0.424 e. The summed E-state index contributed by atoms with van der Waals surface area (Å²) in [6.45, 7) is 4.00. The van der Waals surface area contributed by atoms with Gasteiger partial charge >= 0.3 is 6.01 Å². The van der Waals surface area contributed by atoms with Crippen LogP contribution in [0.2, 0.25) is 0 Å². The number of rotatable bonds is 3. The van der Waals surface area contributed by atoms with Crippen LogP contribution in [0.5, 0.6) is 11.8 Å². The molecule has 1 heterocycles. The summed E-state index contributed by atoms with van der Waals surface area (Å²) in [6.07, 6.45) is 0. The lowest BCUT2D eigenvalue weighted by molar-refractivity contribution is 0.443. The molecule has 2 aromatic carbocycles. The van der Waals surface area contributed by atoms with E-state index in [4.69, 9.17) is 10.5 Å². The van der Waals surface area contributed by atoms with Gasteiger partial charge in [0.05, 0.1) is 5.69 Å². The van der Waals surface area contributed by atoms with Crippen molar-refractivity contribution in [3.05, 3.63) is 66.7 Å². The maximum absolute atomic E-state index is 5.82. The molecule has 4 heteroatoms. The van der Waals surface area contributed by atoms with Crippen LogP contribution in [0.15, 0.2) is 66.7 Å². The van der Waals surface area contributed by atoms with Crippen molar-refractivity contribution < 1.29 is 6.16 Å². The van der Waals surface area contributed by atoms with E-state index in [1.165, 1.54) is 0 Å². The average molecular weight is 295 g/mol. The van der Waals surface area contributed by atoms with Gasteiger partial charge in [-0.3, -0.25) is 0 Å². The highest BCUT2D eigenvalue weighted by Crippen LogP contribution is 2.23. The van der Waals surface area contributed by atoms with E-state index in [1.54, 1.807) is 6.07 Å². The number of benzene rings is 2. The van der Waals surface area contributed by atoms with E-state index < -0.39 is 0 Å². The number of nitrogens with zero attached hydrogens (tertiary/aromatic N) is 2. The van der Waals surface area contributed by atoms with Crippen molar-refractivity contribution in [1.82, 2.24) is 9.97 Å². The fourth-order valence-electron chi connectivity index (χ4n) is 1.84. The summed E-state index contributed by atoms with van der Waals surface area (Å²) >= 11 is 0. The fourth-order valence-corrected chi connectivity index (χ4v) is 1.84. The summed E-state index contributed by atoms with van der Waals surface area (Å²) in [5, 5.41) is 0. The lowest BCUT2D eigenvalue weighted by Gasteiger charge is -2.07. The Labute approximate surface area is 132 Å². The van der Waals surface area contributed by atoms with Crippen molar-refractivity contribution in [3.63, 3.8) is 0 Å². The van der Waals surface area contributed by atoms with Gasteiger partial charge in [0.25, 0.3) is 0 Å². The van der Waals surface area contributed by atoms with Crippen LogP contribution >= 0.6 is 0 Å². The van der Waals surface area contributed by atoms with Gasteiger partial charge < -0.3 is 10.5 Å². The Hall–Kier alpha value is -2.88. The highest BCUT2D eigenvalue weighted by atomic mass is 16.5. The van der Waals surface area contributed by atoms with E-state index in [0.29, 0.717) is 11.6 Å². The van der Waals surface area contributed by atoms with Crippen LogP contribution in [-0.2, 0) is 0 Å². The summed E-state index contributed by atoms with van der Waals surface area (Å²) in [5.41, 5.74) is 7.53. The van der Waals surface area contributed by atoms with Gasteiger partial charge in [-0.1, -0.05) is 62.4 Å². The molecule has 3 rings (SSSR count). The van der Waals surface area contributed by atoms with Crippen LogP contribution in [0, 0.1) is 0 Å². The summed E-state index contributed by atoms with van der Waals surface area (Å²) < 4.78 is 5.62. The molecule has 0 amide bonds. The Morgan fingerprint density at radius 2 is 1.45 bits per heavy atom. The molecule has 0 atom stereocenters. The minimum atomic E-state index is 0. The monoisotopic (exact) mass is 295 g/mol. The van der Waals surface area contributed by atoms with Crippen molar-refractivity contribution in [3.8, 4) is 23.0 Å². The first kappa shape index (κ1) is 15.5. The summed E-state index contributed by atoms with van der Waals surface area (Å²) in [7, 11) is 0. The molecular formula is C18H21N3O. The number of anilines is 1. The van der Waals surface area contributed by atoms with Gasteiger partial charge in [-0.15, -0.1) is 0 Å². The number of hydrogen-bond donors (Lipinski definition) is 1. The predicted octanol–water partition coefficient (Wildman–Crippen LogP) is 4.79. The van der Waals surface area contributed by atoms with Gasteiger partial charge in [0.1, 0.15) is 11.6 Å². The molecule has 114 valence electrons. The van der Waals surface area contributed by atoms with Gasteiger partial charge in [-0.05, 0) is 12.1 Å². The molecule has 0 radical (unpaired) electrons. The number of aromatic nitrogens is 2. The van der Waals surface area contributed by atoms with Crippen molar-refractivity contribution in [1.29, 1.82) is 0 Å². The van der Waals surface area contributed by atoms with Gasteiger partial charge in [0.15, 0.2) is 0 Å². The van der Waals surface area contributed by atoms with Crippen molar-refractivity contribution in [2.75, 3.05) is 5.73 Å². The molecule has 0 unspecified atom stereocenters. The maximum atomic E-state index is 5.82. The Morgan fingerprint density at radius 3 is 2.09 bits per heavy atom. The highest BCUT2D eigenvalue weighted by Gasteiger charge is 2.06. The number of nitrogen functional groups attached to an aromatic ring is 1. The molecule has 0 fully saturated rings. The lowest BCUT2D eigenvalue weighted by Crippen LogP contribution is -1.98.